The van der Waals surface area contributed by atoms with E-state index < -0.39 is 5.56 Å². The summed E-state index contributed by atoms with van der Waals surface area (Å²) in [5, 5.41) is 8.73. The molecule has 1 aromatic carbocycles. The average molecular weight is 227 g/mol. The maximum atomic E-state index is 11.8. The summed E-state index contributed by atoms with van der Waals surface area (Å²) in [5.74, 6) is 0.705. The fraction of sp³-hybridized carbons (Fsp3) is 0.0833. The molecule has 0 aliphatic heterocycles. The molecule has 17 heavy (non-hydrogen) atoms. The Kier molecular flexibility index (Phi) is 2.88. The number of aromatic nitrogens is 2. The lowest BCUT2D eigenvalue weighted by molar-refractivity contribution is 0.414. The predicted molar refractivity (Wildman–Crippen MR) is 61.1 cm³/mol. The SMILES string of the molecule is COc1ccc(-n2ccnc(C#N)c2=O)cc1. The van der Waals surface area contributed by atoms with Crippen molar-refractivity contribution in [2.45, 2.75) is 0 Å². The summed E-state index contributed by atoms with van der Waals surface area (Å²) >= 11 is 0. The summed E-state index contributed by atoms with van der Waals surface area (Å²) in [6.07, 6.45) is 2.94. The number of hydrogen-bond acceptors (Lipinski definition) is 4. The highest BCUT2D eigenvalue weighted by Crippen LogP contribution is 2.13. The van der Waals surface area contributed by atoms with Gasteiger partial charge in [-0.1, -0.05) is 0 Å². The minimum Gasteiger partial charge on any atom is -0.497 e. The van der Waals surface area contributed by atoms with Crippen molar-refractivity contribution in [3.63, 3.8) is 0 Å². The Bertz CT molecular complexity index is 623. The van der Waals surface area contributed by atoms with Crippen LogP contribution in [0, 0.1) is 11.3 Å². The molecule has 0 fully saturated rings. The molecule has 1 aromatic heterocycles. The van der Waals surface area contributed by atoms with Crippen LogP contribution in [-0.4, -0.2) is 16.7 Å². The van der Waals surface area contributed by atoms with Crippen LogP contribution in [0.4, 0.5) is 0 Å². The summed E-state index contributed by atoms with van der Waals surface area (Å²) in [7, 11) is 1.57. The van der Waals surface area contributed by atoms with Crippen molar-refractivity contribution in [2.75, 3.05) is 7.11 Å². The van der Waals surface area contributed by atoms with Gasteiger partial charge in [0.05, 0.1) is 7.11 Å². The molecule has 0 atom stereocenters. The lowest BCUT2D eigenvalue weighted by atomic mass is 10.3. The van der Waals surface area contributed by atoms with E-state index in [0.717, 1.165) is 0 Å². The Morgan fingerprint density at radius 2 is 2.06 bits per heavy atom. The van der Waals surface area contributed by atoms with Crippen LogP contribution in [0.1, 0.15) is 5.69 Å². The van der Waals surface area contributed by atoms with Crippen LogP contribution in [0.5, 0.6) is 5.75 Å². The van der Waals surface area contributed by atoms with Gasteiger partial charge in [0.15, 0.2) is 0 Å². The van der Waals surface area contributed by atoms with Gasteiger partial charge in [-0.25, -0.2) is 4.98 Å². The minimum absolute atomic E-state index is 0.122. The highest BCUT2D eigenvalue weighted by atomic mass is 16.5. The van der Waals surface area contributed by atoms with Crippen molar-refractivity contribution in [1.82, 2.24) is 9.55 Å². The number of ether oxygens (including phenoxy) is 1. The second-order valence-electron chi connectivity index (χ2n) is 3.26. The standard InChI is InChI=1S/C12H9N3O2/c1-17-10-4-2-9(3-5-10)15-7-6-14-11(8-13)12(15)16/h2-7H,1H3. The molecule has 0 amide bonds. The number of benzene rings is 1. The van der Waals surface area contributed by atoms with Crippen molar-refractivity contribution < 1.29 is 4.74 Å². The van der Waals surface area contributed by atoms with E-state index in [1.54, 1.807) is 37.4 Å². The zero-order chi connectivity index (χ0) is 12.3. The first-order valence-electron chi connectivity index (χ1n) is 4.88. The van der Waals surface area contributed by atoms with Gasteiger partial charge in [-0.05, 0) is 24.3 Å². The van der Waals surface area contributed by atoms with E-state index in [0.29, 0.717) is 11.4 Å². The highest BCUT2D eigenvalue weighted by molar-refractivity contribution is 5.38. The Hall–Kier alpha value is -2.61. The van der Waals surface area contributed by atoms with Crippen LogP contribution in [0.15, 0.2) is 41.5 Å². The molecule has 0 aliphatic rings. The molecule has 0 saturated heterocycles. The Morgan fingerprint density at radius 1 is 1.35 bits per heavy atom. The molecule has 0 saturated carbocycles. The third-order valence-electron chi connectivity index (χ3n) is 2.30. The van der Waals surface area contributed by atoms with Gasteiger partial charge < -0.3 is 4.74 Å². The normalized spacial score (nSPS) is 9.65. The van der Waals surface area contributed by atoms with Gasteiger partial charge in [0.2, 0.25) is 5.69 Å². The maximum absolute atomic E-state index is 11.8. The average Bonchev–Trinajstić information content (AvgIpc) is 2.39. The molecule has 5 heteroatoms. The van der Waals surface area contributed by atoms with Crippen LogP contribution < -0.4 is 10.3 Å². The fourth-order valence-electron chi connectivity index (χ4n) is 1.43. The molecule has 0 N–H and O–H groups in total. The van der Waals surface area contributed by atoms with Gasteiger partial charge in [-0.3, -0.25) is 9.36 Å². The van der Waals surface area contributed by atoms with Crippen LogP contribution in [0.3, 0.4) is 0 Å². The van der Waals surface area contributed by atoms with E-state index in [1.807, 2.05) is 0 Å². The Morgan fingerprint density at radius 3 is 2.65 bits per heavy atom. The minimum atomic E-state index is -0.430. The molecule has 2 aromatic rings. The van der Waals surface area contributed by atoms with Crippen molar-refractivity contribution in [2.24, 2.45) is 0 Å². The molecular formula is C12H9N3O2. The van der Waals surface area contributed by atoms with Gasteiger partial charge in [0, 0.05) is 18.1 Å². The molecule has 0 bridgehead atoms. The first-order valence-corrected chi connectivity index (χ1v) is 4.88. The Balaban J connectivity index is 2.54. The van der Waals surface area contributed by atoms with E-state index in [2.05, 4.69) is 4.98 Å². The zero-order valence-corrected chi connectivity index (χ0v) is 9.12. The van der Waals surface area contributed by atoms with E-state index >= 15 is 0 Å². The van der Waals surface area contributed by atoms with Crippen molar-refractivity contribution in [3.8, 4) is 17.5 Å². The lowest BCUT2D eigenvalue weighted by Gasteiger charge is -2.06. The number of nitrogens with zero attached hydrogens (tertiary/aromatic N) is 3. The molecule has 84 valence electrons. The van der Waals surface area contributed by atoms with Gasteiger partial charge in [-0.15, -0.1) is 0 Å². The topological polar surface area (TPSA) is 67.9 Å². The third kappa shape index (κ3) is 2.01. The molecule has 0 aliphatic carbocycles. The van der Waals surface area contributed by atoms with E-state index in [4.69, 9.17) is 10.00 Å². The van der Waals surface area contributed by atoms with Gasteiger partial charge >= 0.3 is 0 Å². The molecule has 0 radical (unpaired) electrons. The second kappa shape index (κ2) is 4.49. The predicted octanol–water partition coefficient (Wildman–Crippen LogP) is 1.11. The van der Waals surface area contributed by atoms with Gasteiger partial charge in [0.25, 0.3) is 5.56 Å². The fourth-order valence-corrected chi connectivity index (χ4v) is 1.43. The summed E-state index contributed by atoms with van der Waals surface area (Å²) in [5.41, 5.74) is 0.109. The van der Waals surface area contributed by atoms with Crippen LogP contribution in [0.25, 0.3) is 5.69 Å². The van der Waals surface area contributed by atoms with Gasteiger partial charge in [-0.2, -0.15) is 5.26 Å². The quantitative estimate of drug-likeness (QED) is 0.770. The smallest absolute Gasteiger partial charge is 0.291 e. The number of hydrogen-bond donors (Lipinski definition) is 0. The van der Waals surface area contributed by atoms with Gasteiger partial charge in [0.1, 0.15) is 11.8 Å². The van der Waals surface area contributed by atoms with Crippen LogP contribution >= 0.6 is 0 Å². The molecule has 2 rings (SSSR count). The molecule has 0 unspecified atom stereocenters. The summed E-state index contributed by atoms with van der Waals surface area (Å²) < 4.78 is 6.39. The summed E-state index contributed by atoms with van der Waals surface area (Å²) in [4.78, 5) is 15.5. The summed E-state index contributed by atoms with van der Waals surface area (Å²) in [6.45, 7) is 0. The van der Waals surface area contributed by atoms with Crippen molar-refractivity contribution in [1.29, 1.82) is 5.26 Å². The van der Waals surface area contributed by atoms with Crippen molar-refractivity contribution in [3.05, 3.63) is 52.7 Å². The van der Waals surface area contributed by atoms with Crippen molar-refractivity contribution >= 4 is 0 Å². The first-order chi connectivity index (χ1) is 8.26. The number of methoxy groups -OCH3 is 1. The van der Waals surface area contributed by atoms with E-state index in [-0.39, 0.29) is 5.69 Å². The molecule has 1 heterocycles. The van der Waals surface area contributed by atoms with Crippen LogP contribution in [-0.2, 0) is 0 Å². The molecular weight excluding hydrogens is 218 g/mol. The maximum Gasteiger partial charge on any atom is 0.291 e. The number of rotatable bonds is 2. The number of nitriles is 1. The van der Waals surface area contributed by atoms with E-state index in [9.17, 15) is 4.79 Å². The molecule has 5 nitrogen and oxygen atoms in total. The van der Waals surface area contributed by atoms with E-state index in [1.165, 1.54) is 17.0 Å². The Labute approximate surface area is 97.5 Å². The zero-order valence-electron chi connectivity index (χ0n) is 9.12. The van der Waals surface area contributed by atoms with Crippen LogP contribution in [0.2, 0.25) is 0 Å². The second-order valence-corrected chi connectivity index (χ2v) is 3.26. The third-order valence-corrected chi connectivity index (χ3v) is 2.30. The summed E-state index contributed by atoms with van der Waals surface area (Å²) in [6, 6.07) is 8.72. The molecule has 0 spiro atoms. The largest absolute Gasteiger partial charge is 0.497 e. The highest BCUT2D eigenvalue weighted by Gasteiger charge is 2.05. The lowest BCUT2D eigenvalue weighted by Crippen LogP contribution is -2.21. The first kappa shape index (κ1) is 10.9. The monoisotopic (exact) mass is 227 g/mol.